The first-order valence-electron chi connectivity index (χ1n) is 8.68. The first kappa shape index (κ1) is 17.3. The van der Waals surface area contributed by atoms with E-state index in [1.165, 1.54) is 17.7 Å². The van der Waals surface area contributed by atoms with E-state index < -0.39 is 0 Å². The Morgan fingerprint density at radius 3 is 2.55 bits per heavy atom. The Kier molecular flexibility index (Phi) is 6.27. The number of rotatable bonds is 6. The molecule has 0 unspecified atom stereocenters. The SMILES string of the molecule is Cc1ccc(C(C)C)c(OCCC[NH+]2C[C@H](C)O[C@@H](C)C2)c1. The van der Waals surface area contributed by atoms with E-state index in [4.69, 9.17) is 9.47 Å². The van der Waals surface area contributed by atoms with Crippen molar-refractivity contribution in [3.63, 3.8) is 0 Å². The summed E-state index contributed by atoms with van der Waals surface area (Å²) in [5.74, 6) is 1.57. The molecule has 1 aromatic carbocycles. The Labute approximate surface area is 135 Å². The summed E-state index contributed by atoms with van der Waals surface area (Å²) in [6, 6.07) is 6.54. The molecule has 1 aliphatic rings. The molecule has 22 heavy (non-hydrogen) atoms. The summed E-state index contributed by atoms with van der Waals surface area (Å²) in [4.78, 5) is 1.64. The Bertz CT molecular complexity index is 463. The van der Waals surface area contributed by atoms with E-state index in [0.29, 0.717) is 18.1 Å². The van der Waals surface area contributed by atoms with Crippen molar-refractivity contribution >= 4 is 0 Å². The number of nitrogens with one attached hydrogen (secondary N) is 1. The van der Waals surface area contributed by atoms with Gasteiger partial charge in [0.05, 0.1) is 13.2 Å². The smallest absolute Gasteiger partial charge is 0.123 e. The van der Waals surface area contributed by atoms with Crippen LogP contribution in [0.2, 0.25) is 0 Å². The van der Waals surface area contributed by atoms with Gasteiger partial charge in [0.1, 0.15) is 31.0 Å². The second kappa shape index (κ2) is 7.98. The molecule has 0 amide bonds. The highest BCUT2D eigenvalue weighted by atomic mass is 16.5. The predicted molar refractivity (Wildman–Crippen MR) is 91.0 cm³/mol. The lowest BCUT2D eigenvalue weighted by molar-refractivity contribution is -0.915. The molecular formula is C19H32NO2+. The Morgan fingerprint density at radius 1 is 1.23 bits per heavy atom. The zero-order valence-electron chi connectivity index (χ0n) is 14.8. The van der Waals surface area contributed by atoms with Gasteiger partial charge in [-0.2, -0.15) is 0 Å². The van der Waals surface area contributed by atoms with Crippen molar-refractivity contribution in [1.29, 1.82) is 0 Å². The highest BCUT2D eigenvalue weighted by Crippen LogP contribution is 2.27. The quantitative estimate of drug-likeness (QED) is 0.816. The van der Waals surface area contributed by atoms with Crippen molar-refractivity contribution in [2.24, 2.45) is 0 Å². The maximum absolute atomic E-state index is 6.08. The van der Waals surface area contributed by atoms with Crippen molar-refractivity contribution in [2.45, 2.75) is 59.2 Å². The normalized spacial score (nSPS) is 25.5. The van der Waals surface area contributed by atoms with Crippen molar-refractivity contribution < 1.29 is 14.4 Å². The maximum Gasteiger partial charge on any atom is 0.123 e. The van der Waals surface area contributed by atoms with E-state index in [1.54, 1.807) is 4.90 Å². The molecule has 1 heterocycles. The molecule has 3 nitrogen and oxygen atoms in total. The number of ether oxygens (including phenoxy) is 2. The minimum Gasteiger partial charge on any atom is -0.493 e. The van der Waals surface area contributed by atoms with Gasteiger partial charge in [-0.15, -0.1) is 0 Å². The molecule has 0 bridgehead atoms. The number of quaternary nitrogens is 1. The lowest BCUT2D eigenvalue weighted by Crippen LogP contribution is -3.15. The number of aryl methyl sites for hydroxylation is 1. The summed E-state index contributed by atoms with van der Waals surface area (Å²) in [7, 11) is 0. The Hall–Kier alpha value is -1.06. The standard InChI is InChI=1S/C19H31NO2/c1-14(2)18-8-7-15(3)11-19(18)21-10-6-9-20-12-16(4)22-17(5)13-20/h7-8,11,14,16-17H,6,9-10,12-13H2,1-5H3/p+1/t16-,17-/m0/s1. The molecule has 0 aliphatic carbocycles. The first-order valence-corrected chi connectivity index (χ1v) is 8.68. The second-order valence-corrected chi connectivity index (χ2v) is 7.06. The van der Waals surface area contributed by atoms with Gasteiger partial charge in [0.15, 0.2) is 0 Å². The number of hydrogen-bond donors (Lipinski definition) is 1. The van der Waals surface area contributed by atoms with Crippen LogP contribution in [0.25, 0.3) is 0 Å². The average Bonchev–Trinajstić information content (AvgIpc) is 2.42. The molecule has 1 aliphatic heterocycles. The largest absolute Gasteiger partial charge is 0.493 e. The minimum atomic E-state index is 0.379. The van der Waals surface area contributed by atoms with Crippen molar-refractivity contribution in [3.8, 4) is 5.75 Å². The van der Waals surface area contributed by atoms with E-state index in [1.807, 2.05) is 0 Å². The molecule has 0 aromatic heterocycles. The summed E-state index contributed by atoms with van der Waals surface area (Å²) in [5.41, 5.74) is 2.58. The van der Waals surface area contributed by atoms with Gasteiger partial charge in [-0.1, -0.05) is 26.0 Å². The van der Waals surface area contributed by atoms with Crippen LogP contribution in [0.15, 0.2) is 18.2 Å². The third kappa shape index (κ3) is 4.99. The molecule has 2 rings (SSSR count). The van der Waals surface area contributed by atoms with Crippen LogP contribution in [0.5, 0.6) is 5.75 Å². The summed E-state index contributed by atoms with van der Waals surface area (Å²) < 4.78 is 11.9. The van der Waals surface area contributed by atoms with Gasteiger partial charge in [-0.25, -0.2) is 0 Å². The van der Waals surface area contributed by atoms with E-state index in [2.05, 4.69) is 52.8 Å². The van der Waals surface area contributed by atoms with Crippen LogP contribution in [-0.4, -0.2) is 38.4 Å². The molecule has 1 saturated heterocycles. The van der Waals surface area contributed by atoms with Gasteiger partial charge in [0, 0.05) is 6.42 Å². The lowest BCUT2D eigenvalue weighted by Gasteiger charge is -2.32. The second-order valence-electron chi connectivity index (χ2n) is 7.06. The summed E-state index contributed by atoms with van der Waals surface area (Å²) in [6.07, 6.45) is 1.85. The maximum atomic E-state index is 6.08. The minimum absolute atomic E-state index is 0.379. The van der Waals surface area contributed by atoms with Crippen LogP contribution in [0.1, 0.15) is 51.2 Å². The fourth-order valence-corrected chi connectivity index (χ4v) is 3.34. The summed E-state index contributed by atoms with van der Waals surface area (Å²) >= 11 is 0. The topological polar surface area (TPSA) is 22.9 Å². The van der Waals surface area contributed by atoms with Crippen molar-refractivity contribution in [2.75, 3.05) is 26.2 Å². The van der Waals surface area contributed by atoms with Crippen molar-refractivity contribution in [3.05, 3.63) is 29.3 Å². The molecule has 0 spiro atoms. The first-order chi connectivity index (χ1) is 10.5. The van der Waals surface area contributed by atoms with E-state index in [-0.39, 0.29) is 0 Å². The molecule has 1 N–H and O–H groups in total. The fraction of sp³-hybridized carbons (Fsp3) is 0.684. The van der Waals surface area contributed by atoms with Crippen LogP contribution in [0, 0.1) is 6.92 Å². The van der Waals surface area contributed by atoms with Crippen LogP contribution < -0.4 is 9.64 Å². The van der Waals surface area contributed by atoms with Crippen LogP contribution >= 0.6 is 0 Å². The van der Waals surface area contributed by atoms with Crippen LogP contribution in [0.4, 0.5) is 0 Å². The third-order valence-corrected chi connectivity index (χ3v) is 4.34. The zero-order valence-corrected chi connectivity index (χ0v) is 14.8. The number of benzene rings is 1. The van der Waals surface area contributed by atoms with Gasteiger partial charge >= 0.3 is 0 Å². The average molecular weight is 306 g/mol. The molecule has 2 atom stereocenters. The van der Waals surface area contributed by atoms with Gasteiger partial charge in [-0.05, 0) is 43.9 Å². The van der Waals surface area contributed by atoms with Gasteiger partial charge < -0.3 is 14.4 Å². The summed E-state index contributed by atoms with van der Waals surface area (Å²) in [6.45, 7) is 15.1. The molecule has 1 fully saturated rings. The van der Waals surface area contributed by atoms with Crippen LogP contribution in [-0.2, 0) is 4.74 Å². The highest BCUT2D eigenvalue weighted by molar-refractivity contribution is 5.39. The molecular weight excluding hydrogens is 274 g/mol. The van der Waals surface area contributed by atoms with Gasteiger partial charge in [0.25, 0.3) is 0 Å². The Morgan fingerprint density at radius 2 is 1.91 bits per heavy atom. The third-order valence-electron chi connectivity index (χ3n) is 4.34. The van der Waals surface area contributed by atoms with Crippen molar-refractivity contribution in [1.82, 2.24) is 0 Å². The predicted octanol–water partition coefficient (Wildman–Crippen LogP) is 2.58. The fourth-order valence-electron chi connectivity index (χ4n) is 3.34. The summed E-state index contributed by atoms with van der Waals surface area (Å²) in [5, 5.41) is 0. The number of morpholine rings is 1. The zero-order chi connectivity index (χ0) is 16.1. The van der Waals surface area contributed by atoms with Gasteiger partial charge in [-0.3, -0.25) is 0 Å². The Balaban J connectivity index is 1.80. The van der Waals surface area contributed by atoms with E-state index in [9.17, 15) is 0 Å². The molecule has 0 saturated carbocycles. The molecule has 124 valence electrons. The molecule has 3 heteroatoms. The highest BCUT2D eigenvalue weighted by Gasteiger charge is 2.24. The molecule has 0 radical (unpaired) electrons. The monoisotopic (exact) mass is 306 g/mol. The van der Waals surface area contributed by atoms with Gasteiger partial charge in [0.2, 0.25) is 0 Å². The van der Waals surface area contributed by atoms with Crippen LogP contribution in [0.3, 0.4) is 0 Å². The van der Waals surface area contributed by atoms with E-state index >= 15 is 0 Å². The lowest BCUT2D eigenvalue weighted by atomic mass is 10.0. The molecule has 1 aromatic rings. The number of hydrogen-bond acceptors (Lipinski definition) is 2. The van der Waals surface area contributed by atoms with E-state index in [0.717, 1.165) is 31.9 Å².